The minimum Gasteiger partial charge on any atom is -0.295 e. The van der Waals surface area contributed by atoms with Gasteiger partial charge in [-0.25, -0.2) is 9.97 Å². The van der Waals surface area contributed by atoms with E-state index in [1.165, 1.54) is 12.3 Å². The molecule has 0 aromatic carbocycles. The second kappa shape index (κ2) is 7.36. The molecule has 0 bridgehead atoms. The maximum absolute atomic E-state index is 13.2. The van der Waals surface area contributed by atoms with Crippen molar-refractivity contribution in [1.82, 2.24) is 19.9 Å². The quantitative estimate of drug-likeness (QED) is 0.646. The maximum Gasteiger partial charge on any atom is 0.231 e. The number of hydrogen-bond donors (Lipinski definition) is 0. The van der Waals surface area contributed by atoms with Crippen LogP contribution in [0.3, 0.4) is 0 Å². The minimum absolute atomic E-state index is 0.0265. The number of anilines is 1. The van der Waals surface area contributed by atoms with E-state index in [1.54, 1.807) is 29.7 Å². The summed E-state index contributed by atoms with van der Waals surface area (Å²) in [5.74, 6) is -0.420. The van der Waals surface area contributed by atoms with Crippen molar-refractivity contribution < 1.29 is 9.18 Å². The van der Waals surface area contributed by atoms with Crippen LogP contribution in [0, 0.1) is 11.9 Å². The molecule has 3 aromatic rings. The van der Waals surface area contributed by atoms with Gasteiger partial charge in [0.25, 0.3) is 0 Å². The number of hydrogen-bond acceptors (Lipinski definition) is 5. The van der Waals surface area contributed by atoms with Gasteiger partial charge in [-0.05, 0) is 36.6 Å². The van der Waals surface area contributed by atoms with E-state index in [9.17, 15) is 9.18 Å². The zero-order valence-electron chi connectivity index (χ0n) is 14.2. The van der Waals surface area contributed by atoms with Crippen LogP contribution < -0.4 is 4.90 Å². The van der Waals surface area contributed by atoms with Crippen LogP contribution in [0.5, 0.6) is 0 Å². The highest BCUT2D eigenvalue weighted by Crippen LogP contribution is 2.27. The molecule has 0 radical (unpaired) electrons. The molecule has 4 heterocycles. The zero-order chi connectivity index (χ0) is 18.8. The van der Waals surface area contributed by atoms with E-state index in [4.69, 9.17) is 11.6 Å². The van der Waals surface area contributed by atoms with Gasteiger partial charge in [-0.3, -0.25) is 19.7 Å². The molecule has 27 heavy (non-hydrogen) atoms. The minimum atomic E-state index is -0.704. The normalized spacial score (nSPS) is 16.7. The lowest BCUT2D eigenvalue weighted by Crippen LogP contribution is -2.28. The third-order valence-corrected chi connectivity index (χ3v) is 4.81. The van der Waals surface area contributed by atoms with Crippen molar-refractivity contribution in [2.24, 2.45) is 5.92 Å². The molecule has 0 unspecified atom stereocenters. The van der Waals surface area contributed by atoms with Gasteiger partial charge in [-0.15, -0.1) is 0 Å². The van der Waals surface area contributed by atoms with Gasteiger partial charge in [0.15, 0.2) is 5.82 Å². The summed E-state index contributed by atoms with van der Waals surface area (Å²) in [5, 5.41) is -0.0348. The predicted molar refractivity (Wildman–Crippen MR) is 98.6 cm³/mol. The van der Waals surface area contributed by atoms with E-state index in [0.717, 1.165) is 16.8 Å². The Balaban J connectivity index is 1.47. The van der Waals surface area contributed by atoms with Crippen LogP contribution >= 0.6 is 11.6 Å². The van der Waals surface area contributed by atoms with Crippen LogP contribution in [-0.4, -0.2) is 32.4 Å². The molecule has 0 aliphatic carbocycles. The molecule has 3 aromatic heterocycles. The molecule has 0 saturated carbocycles. The van der Waals surface area contributed by atoms with Crippen LogP contribution in [-0.2, 0) is 11.2 Å². The summed E-state index contributed by atoms with van der Waals surface area (Å²) in [4.78, 5) is 30.8. The first-order valence-electron chi connectivity index (χ1n) is 8.45. The molecule has 4 rings (SSSR count). The van der Waals surface area contributed by atoms with Crippen LogP contribution in [0.2, 0.25) is 5.02 Å². The van der Waals surface area contributed by atoms with E-state index >= 15 is 0 Å². The summed E-state index contributed by atoms with van der Waals surface area (Å²) >= 11 is 5.77. The van der Waals surface area contributed by atoms with Crippen molar-refractivity contribution in [2.45, 2.75) is 12.8 Å². The molecule has 1 amide bonds. The van der Waals surface area contributed by atoms with Crippen molar-refractivity contribution in [3.05, 3.63) is 65.7 Å². The maximum atomic E-state index is 13.2. The molecule has 1 saturated heterocycles. The molecular weight excluding hydrogens is 369 g/mol. The molecule has 6 nitrogen and oxygen atoms in total. The van der Waals surface area contributed by atoms with Crippen molar-refractivity contribution in [3.8, 4) is 11.3 Å². The molecule has 1 aliphatic heterocycles. The largest absolute Gasteiger partial charge is 0.295 e. The Morgan fingerprint density at radius 1 is 1.15 bits per heavy atom. The first-order valence-corrected chi connectivity index (χ1v) is 8.83. The highest BCUT2D eigenvalue weighted by Gasteiger charge is 2.33. The number of nitrogens with zero attached hydrogens (tertiary/aromatic N) is 5. The summed E-state index contributed by atoms with van der Waals surface area (Å²) in [6.07, 6.45) is 9.19. The fourth-order valence-corrected chi connectivity index (χ4v) is 3.33. The summed E-state index contributed by atoms with van der Waals surface area (Å²) in [5.41, 5.74) is 2.37. The number of carbonyl (C=O) groups is 1. The number of amides is 1. The Morgan fingerprint density at radius 2 is 1.96 bits per heavy atom. The number of rotatable bonds is 4. The third kappa shape index (κ3) is 3.64. The monoisotopic (exact) mass is 383 g/mol. The molecule has 8 heteroatoms. The van der Waals surface area contributed by atoms with Gasteiger partial charge in [0.2, 0.25) is 11.9 Å². The van der Waals surface area contributed by atoms with Crippen LogP contribution in [0.1, 0.15) is 12.0 Å². The molecular formula is C19H15ClFN5O. The topological polar surface area (TPSA) is 71.9 Å². The van der Waals surface area contributed by atoms with Gasteiger partial charge < -0.3 is 0 Å². The molecule has 136 valence electrons. The van der Waals surface area contributed by atoms with E-state index in [1.807, 2.05) is 12.1 Å². The molecule has 1 aliphatic rings. The van der Waals surface area contributed by atoms with Gasteiger partial charge in [-0.2, -0.15) is 4.39 Å². The van der Waals surface area contributed by atoms with Gasteiger partial charge >= 0.3 is 0 Å². The number of carbonyl (C=O) groups excluding carboxylic acids is 1. The lowest BCUT2D eigenvalue weighted by molar-refractivity contribution is -0.120. The first-order chi connectivity index (χ1) is 13.1. The van der Waals surface area contributed by atoms with E-state index in [0.29, 0.717) is 25.2 Å². The number of pyridine rings is 2. The van der Waals surface area contributed by atoms with Crippen LogP contribution in [0.4, 0.5) is 10.2 Å². The molecule has 1 atom stereocenters. The van der Waals surface area contributed by atoms with Crippen LogP contribution in [0.15, 0.2) is 49.2 Å². The van der Waals surface area contributed by atoms with Gasteiger partial charge in [0.1, 0.15) is 0 Å². The number of aromatic nitrogens is 4. The van der Waals surface area contributed by atoms with Gasteiger partial charge in [0.05, 0.1) is 23.1 Å². The fraction of sp³-hybridized carbons (Fsp3) is 0.211. The summed E-state index contributed by atoms with van der Waals surface area (Å²) in [6.45, 7) is 0.565. The fourth-order valence-electron chi connectivity index (χ4n) is 3.15. The highest BCUT2D eigenvalue weighted by atomic mass is 35.5. The predicted octanol–water partition coefficient (Wildman–Crippen LogP) is 3.32. The Hall–Kier alpha value is -2.93. The Kier molecular flexibility index (Phi) is 4.77. The molecule has 0 spiro atoms. The smallest absolute Gasteiger partial charge is 0.231 e. The standard InChI is InChI=1S/C19H15ClFN5O/c20-15-8-12(9-25-18(15)21)7-14-3-6-26(19(14)27)17-11-23-16(10-24-17)13-1-4-22-5-2-13/h1-2,4-5,8-11,14H,3,6-7H2/t14-/m0/s1. The highest BCUT2D eigenvalue weighted by molar-refractivity contribution is 6.30. The van der Waals surface area contributed by atoms with Crippen molar-refractivity contribution >= 4 is 23.3 Å². The van der Waals surface area contributed by atoms with E-state index < -0.39 is 5.95 Å². The zero-order valence-corrected chi connectivity index (χ0v) is 15.0. The molecule has 1 fully saturated rings. The second-order valence-electron chi connectivity index (χ2n) is 6.29. The Bertz CT molecular complexity index is 968. The Morgan fingerprint density at radius 3 is 2.67 bits per heavy atom. The average Bonchev–Trinajstić information content (AvgIpc) is 3.06. The third-order valence-electron chi connectivity index (χ3n) is 4.54. The SMILES string of the molecule is O=C1[C@H](Cc2cnc(F)c(Cl)c2)CCN1c1cnc(-c2ccncc2)cn1. The van der Waals surface area contributed by atoms with E-state index in [-0.39, 0.29) is 16.8 Å². The van der Waals surface area contributed by atoms with Gasteiger partial charge in [-0.1, -0.05) is 11.6 Å². The Labute approximate surface area is 160 Å². The molecule has 0 N–H and O–H groups in total. The van der Waals surface area contributed by atoms with Crippen molar-refractivity contribution in [3.63, 3.8) is 0 Å². The first kappa shape index (κ1) is 17.5. The lowest BCUT2D eigenvalue weighted by atomic mass is 9.99. The second-order valence-corrected chi connectivity index (χ2v) is 6.70. The van der Waals surface area contributed by atoms with Crippen LogP contribution in [0.25, 0.3) is 11.3 Å². The van der Waals surface area contributed by atoms with Crippen molar-refractivity contribution in [2.75, 3.05) is 11.4 Å². The average molecular weight is 384 g/mol. The summed E-state index contributed by atoms with van der Waals surface area (Å²) in [6, 6.07) is 5.22. The summed E-state index contributed by atoms with van der Waals surface area (Å²) in [7, 11) is 0. The van der Waals surface area contributed by atoms with E-state index in [2.05, 4.69) is 19.9 Å². The number of halogens is 2. The lowest BCUT2D eigenvalue weighted by Gasteiger charge is -2.15. The van der Waals surface area contributed by atoms with Crippen molar-refractivity contribution in [1.29, 1.82) is 0 Å². The summed E-state index contributed by atoms with van der Waals surface area (Å²) < 4.78 is 13.2. The van der Waals surface area contributed by atoms with Gasteiger partial charge in [0, 0.05) is 36.6 Å².